The number of rotatable bonds is 16. The van der Waals surface area contributed by atoms with E-state index in [1.807, 2.05) is 111 Å². The van der Waals surface area contributed by atoms with Crippen LogP contribution >= 0.6 is 0 Å². The van der Waals surface area contributed by atoms with Gasteiger partial charge in [0, 0.05) is 64.1 Å². The third kappa shape index (κ3) is 7.87. The topological polar surface area (TPSA) is 125 Å². The van der Waals surface area contributed by atoms with Crippen molar-refractivity contribution in [3.05, 3.63) is 120 Å². The van der Waals surface area contributed by atoms with Crippen molar-refractivity contribution >= 4 is 23.8 Å². The lowest BCUT2D eigenvalue weighted by Crippen LogP contribution is -2.64. The third-order valence-electron chi connectivity index (χ3n) is 9.15. The van der Waals surface area contributed by atoms with Crippen LogP contribution in [0.1, 0.15) is 48.9 Å². The van der Waals surface area contributed by atoms with E-state index in [0.29, 0.717) is 39.0 Å². The molecule has 1 aliphatic carbocycles. The molecule has 4 aromatic rings. The normalized spacial score (nSPS) is 18.5. The summed E-state index contributed by atoms with van der Waals surface area (Å²) in [4.78, 5) is 56.4. The Labute approximate surface area is 281 Å². The highest BCUT2D eigenvalue weighted by Crippen LogP contribution is 2.49. The molecule has 5 rings (SSSR count). The molecule has 0 aliphatic heterocycles. The molecular formula is C38H44N4O6. The van der Waals surface area contributed by atoms with Crippen molar-refractivity contribution in [1.82, 2.24) is 18.9 Å². The van der Waals surface area contributed by atoms with E-state index in [-0.39, 0.29) is 13.1 Å². The number of aromatic nitrogens is 2. The molecule has 0 spiro atoms. The lowest BCUT2D eigenvalue weighted by molar-refractivity contribution is -0.187. The smallest absolute Gasteiger partial charge is 0.308 e. The van der Waals surface area contributed by atoms with Crippen LogP contribution in [0.25, 0.3) is 0 Å². The van der Waals surface area contributed by atoms with Crippen LogP contribution in [-0.4, -0.2) is 66.0 Å². The number of hydrogen-bond donors (Lipinski definition) is 2. The number of benzene rings is 2. The zero-order valence-electron chi connectivity index (χ0n) is 27.5. The quantitative estimate of drug-likeness (QED) is 0.171. The van der Waals surface area contributed by atoms with Gasteiger partial charge in [0.2, 0.25) is 11.8 Å². The van der Waals surface area contributed by atoms with Gasteiger partial charge in [0.15, 0.2) is 0 Å². The maximum atomic E-state index is 14.0. The molecule has 1 saturated carbocycles. The Morgan fingerprint density at radius 2 is 0.854 bits per heavy atom. The SMILES string of the molecule is CCCN(Cc1ccc(Cn2cccc2)cc1)C(=O)[C@H]1[C@H](C(=O)O)[C@H](C(=O)N(CCC)Cc2ccc(Cn3cccc3)cc2)[C@H]1C(=O)O. The standard InChI is InChI=1S/C38H44N4O6/c1-3-17-41(25-29-13-9-27(10-14-29)23-39-19-5-6-20-39)35(43)31-33(37(45)46)32(34(31)38(47)48)36(44)42(18-4-2)26-30-15-11-28(12-16-30)24-40-21-7-8-22-40/h5-16,19-22,31-34H,3-4,17-18,23-26H2,1-2H3,(H,45,46)(H,47,48)/t31-,32-,33-,34-. The second-order valence-electron chi connectivity index (χ2n) is 12.6. The first-order valence-electron chi connectivity index (χ1n) is 16.6. The second-order valence-corrected chi connectivity index (χ2v) is 12.6. The van der Waals surface area contributed by atoms with E-state index in [1.165, 1.54) is 9.80 Å². The number of carboxylic acid groups (broad SMARTS) is 2. The van der Waals surface area contributed by atoms with Crippen LogP contribution in [-0.2, 0) is 45.4 Å². The van der Waals surface area contributed by atoms with E-state index in [2.05, 4.69) is 9.13 Å². The van der Waals surface area contributed by atoms with E-state index in [9.17, 15) is 29.4 Å². The average Bonchev–Trinajstić information content (AvgIpc) is 3.76. The van der Waals surface area contributed by atoms with Gasteiger partial charge >= 0.3 is 11.9 Å². The van der Waals surface area contributed by atoms with E-state index >= 15 is 0 Å². The van der Waals surface area contributed by atoms with Crippen LogP contribution in [0.3, 0.4) is 0 Å². The molecule has 2 heterocycles. The molecule has 2 aromatic heterocycles. The van der Waals surface area contributed by atoms with Gasteiger partial charge in [-0.15, -0.1) is 0 Å². The van der Waals surface area contributed by atoms with E-state index in [4.69, 9.17) is 0 Å². The van der Waals surface area contributed by atoms with Gasteiger partial charge in [-0.25, -0.2) is 0 Å². The van der Waals surface area contributed by atoms with Gasteiger partial charge in [0.05, 0.1) is 23.7 Å². The summed E-state index contributed by atoms with van der Waals surface area (Å²) in [6, 6.07) is 23.5. The minimum absolute atomic E-state index is 0.215. The van der Waals surface area contributed by atoms with Crippen LogP contribution in [0.4, 0.5) is 0 Å². The van der Waals surface area contributed by atoms with Gasteiger partial charge in [-0.2, -0.15) is 0 Å². The molecule has 0 bridgehead atoms. The maximum Gasteiger partial charge on any atom is 0.308 e. The number of carboxylic acids is 2. The van der Waals surface area contributed by atoms with Crippen LogP contribution < -0.4 is 0 Å². The Morgan fingerprint density at radius 1 is 0.542 bits per heavy atom. The summed E-state index contributed by atoms with van der Waals surface area (Å²) in [5, 5.41) is 20.6. The van der Waals surface area contributed by atoms with Crippen LogP contribution in [0.5, 0.6) is 0 Å². The van der Waals surface area contributed by atoms with Gasteiger partial charge in [-0.3, -0.25) is 19.2 Å². The Kier molecular flexibility index (Phi) is 11.2. The van der Waals surface area contributed by atoms with Crippen molar-refractivity contribution in [2.75, 3.05) is 13.1 Å². The number of carbonyl (C=O) groups is 4. The van der Waals surface area contributed by atoms with Crippen molar-refractivity contribution in [3.63, 3.8) is 0 Å². The monoisotopic (exact) mass is 652 g/mol. The molecule has 0 atom stereocenters. The summed E-state index contributed by atoms with van der Waals surface area (Å²) in [7, 11) is 0. The molecule has 0 saturated heterocycles. The first kappa shape index (κ1) is 34.2. The van der Waals surface area contributed by atoms with Crippen molar-refractivity contribution in [2.45, 2.75) is 52.9 Å². The highest BCUT2D eigenvalue weighted by atomic mass is 16.4. The fraction of sp³-hybridized carbons (Fsp3) is 0.368. The van der Waals surface area contributed by atoms with Gasteiger partial charge in [0.1, 0.15) is 0 Å². The molecule has 10 nitrogen and oxygen atoms in total. The summed E-state index contributed by atoms with van der Waals surface area (Å²) in [6.07, 6.45) is 9.14. The summed E-state index contributed by atoms with van der Waals surface area (Å²) < 4.78 is 4.11. The first-order chi connectivity index (χ1) is 23.2. The van der Waals surface area contributed by atoms with Crippen molar-refractivity contribution in [2.24, 2.45) is 23.7 Å². The Bertz CT molecular complexity index is 1530. The number of amides is 2. The molecular weight excluding hydrogens is 608 g/mol. The third-order valence-corrected chi connectivity index (χ3v) is 9.15. The van der Waals surface area contributed by atoms with Crippen LogP contribution in [0.2, 0.25) is 0 Å². The Hall–Kier alpha value is -5.12. The summed E-state index contributed by atoms with van der Waals surface area (Å²) in [5.41, 5.74) is 3.88. The zero-order chi connectivity index (χ0) is 34.2. The van der Waals surface area contributed by atoms with E-state index in [0.717, 1.165) is 22.3 Å². The fourth-order valence-corrected chi connectivity index (χ4v) is 6.79. The number of hydrogen-bond acceptors (Lipinski definition) is 4. The lowest BCUT2D eigenvalue weighted by atomic mass is 9.55. The molecule has 1 aliphatic rings. The van der Waals surface area contributed by atoms with Crippen molar-refractivity contribution in [1.29, 1.82) is 0 Å². The molecule has 0 unspecified atom stereocenters. The largest absolute Gasteiger partial charge is 0.481 e. The molecule has 2 amide bonds. The molecule has 1 fully saturated rings. The highest BCUT2D eigenvalue weighted by molar-refractivity contribution is 5.99. The molecule has 2 N–H and O–H groups in total. The number of carbonyl (C=O) groups excluding carboxylic acids is 2. The van der Waals surface area contributed by atoms with Crippen molar-refractivity contribution in [3.8, 4) is 0 Å². The summed E-state index contributed by atoms with van der Waals surface area (Å²) in [5.74, 6) is -9.30. The predicted molar refractivity (Wildman–Crippen MR) is 181 cm³/mol. The predicted octanol–water partition coefficient (Wildman–Crippen LogP) is 5.21. The molecule has 252 valence electrons. The fourth-order valence-electron chi connectivity index (χ4n) is 6.79. The van der Waals surface area contributed by atoms with E-state index in [1.54, 1.807) is 0 Å². The maximum absolute atomic E-state index is 14.0. The summed E-state index contributed by atoms with van der Waals surface area (Å²) in [6.45, 7) is 6.33. The average molecular weight is 653 g/mol. The summed E-state index contributed by atoms with van der Waals surface area (Å²) >= 11 is 0. The molecule has 10 heteroatoms. The van der Waals surface area contributed by atoms with E-state index < -0.39 is 47.4 Å². The Morgan fingerprint density at radius 3 is 1.15 bits per heavy atom. The lowest BCUT2D eigenvalue weighted by Gasteiger charge is -2.48. The number of nitrogens with zero attached hydrogens (tertiary/aromatic N) is 4. The highest BCUT2D eigenvalue weighted by Gasteiger charge is 2.64. The van der Waals surface area contributed by atoms with Crippen LogP contribution in [0, 0.1) is 23.7 Å². The minimum atomic E-state index is -1.43. The van der Waals surface area contributed by atoms with Crippen LogP contribution in [0.15, 0.2) is 97.6 Å². The molecule has 48 heavy (non-hydrogen) atoms. The zero-order valence-corrected chi connectivity index (χ0v) is 27.5. The molecule has 0 radical (unpaired) electrons. The second kappa shape index (κ2) is 15.6. The van der Waals surface area contributed by atoms with Gasteiger partial charge in [-0.05, 0) is 59.4 Å². The van der Waals surface area contributed by atoms with Gasteiger partial charge < -0.3 is 29.1 Å². The number of aliphatic carboxylic acids is 2. The minimum Gasteiger partial charge on any atom is -0.481 e. The van der Waals surface area contributed by atoms with Crippen molar-refractivity contribution < 1.29 is 29.4 Å². The van der Waals surface area contributed by atoms with Gasteiger partial charge in [0.25, 0.3) is 0 Å². The van der Waals surface area contributed by atoms with Gasteiger partial charge in [-0.1, -0.05) is 62.4 Å². The molecule has 2 aromatic carbocycles. The first-order valence-corrected chi connectivity index (χ1v) is 16.6. The Balaban J connectivity index is 1.31.